The Kier molecular flexibility index (Phi) is 3.20. The van der Waals surface area contributed by atoms with Crippen LogP contribution in [0.1, 0.15) is 11.8 Å². The summed E-state index contributed by atoms with van der Waals surface area (Å²) in [7, 11) is 0. The molecule has 0 saturated heterocycles. The fourth-order valence-electron chi connectivity index (χ4n) is 1.19. The summed E-state index contributed by atoms with van der Waals surface area (Å²) in [4.78, 5) is 10.9. The van der Waals surface area contributed by atoms with Crippen molar-refractivity contribution >= 4 is 39.7 Å². The Labute approximate surface area is 106 Å². The van der Waals surface area contributed by atoms with E-state index in [0.29, 0.717) is 5.82 Å². The number of aryl methyl sites for hydroxylation is 1. The predicted octanol–water partition coefficient (Wildman–Crippen LogP) is 2.95. The van der Waals surface area contributed by atoms with Gasteiger partial charge in [0.25, 0.3) is 0 Å². The molecular formula is C10H10IN3S. The highest BCUT2D eigenvalue weighted by molar-refractivity contribution is 14.1. The van der Waals surface area contributed by atoms with Gasteiger partial charge < -0.3 is 5.73 Å². The van der Waals surface area contributed by atoms with Gasteiger partial charge in [0.2, 0.25) is 0 Å². The Morgan fingerprint density at radius 1 is 1.47 bits per heavy atom. The minimum atomic E-state index is 0.548. The summed E-state index contributed by atoms with van der Waals surface area (Å²) in [6.07, 6.45) is 2.80. The van der Waals surface area contributed by atoms with Crippen molar-refractivity contribution in [2.24, 2.45) is 0 Å². The van der Waals surface area contributed by atoms with Crippen molar-refractivity contribution in [2.75, 3.05) is 5.73 Å². The van der Waals surface area contributed by atoms with Crippen LogP contribution in [0, 0.1) is 3.57 Å². The molecule has 2 rings (SSSR count). The van der Waals surface area contributed by atoms with Crippen LogP contribution in [-0.2, 0) is 6.42 Å². The number of nitrogen functional groups attached to an aromatic ring is 1. The SMILES string of the molecule is CCc1ccc(-c2ncc(I)c(N)n2)s1. The lowest BCUT2D eigenvalue weighted by Gasteiger charge is -1.99. The highest BCUT2D eigenvalue weighted by atomic mass is 127. The summed E-state index contributed by atoms with van der Waals surface area (Å²) in [6.45, 7) is 2.14. The van der Waals surface area contributed by atoms with Crippen LogP contribution in [0.25, 0.3) is 10.7 Å². The standard InChI is InChI=1S/C10H10IN3S/c1-2-6-3-4-8(15-6)10-13-5-7(11)9(12)14-10/h3-5H,2H2,1H3,(H2,12,13,14). The second-order valence-corrected chi connectivity index (χ2v) is 5.38. The monoisotopic (exact) mass is 331 g/mol. The normalized spacial score (nSPS) is 10.5. The van der Waals surface area contributed by atoms with Gasteiger partial charge in [0, 0.05) is 11.1 Å². The Bertz CT molecular complexity index is 481. The summed E-state index contributed by atoms with van der Waals surface area (Å²) < 4.78 is 0.892. The number of hydrogen-bond donors (Lipinski definition) is 1. The van der Waals surface area contributed by atoms with E-state index in [1.165, 1.54) is 4.88 Å². The fourth-order valence-corrected chi connectivity index (χ4v) is 2.34. The van der Waals surface area contributed by atoms with Gasteiger partial charge in [-0.3, -0.25) is 0 Å². The highest BCUT2D eigenvalue weighted by Crippen LogP contribution is 2.26. The van der Waals surface area contributed by atoms with Crippen molar-refractivity contribution in [3.05, 3.63) is 26.8 Å². The molecule has 5 heteroatoms. The maximum absolute atomic E-state index is 5.74. The number of aromatic nitrogens is 2. The van der Waals surface area contributed by atoms with Crippen molar-refractivity contribution < 1.29 is 0 Å². The highest BCUT2D eigenvalue weighted by Gasteiger charge is 2.06. The molecule has 0 aromatic carbocycles. The molecular weight excluding hydrogens is 321 g/mol. The first-order chi connectivity index (χ1) is 7.20. The quantitative estimate of drug-likeness (QED) is 0.861. The zero-order valence-electron chi connectivity index (χ0n) is 8.20. The zero-order chi connectivity index (χ0) is 10.8. The van der Waals surface area contributed by atoms with E-state index >= 15 is 0 Å². The van der Waals surface area contributed by atoms with E-state index in [2.05, 4.69) is 45.5 Å². The van der Waals surface area contributed by atoms with Crippen LogP contribution in [-0.4, -0.2) is 9.97 Å². The molecule has 0 aliphatic rings. The number of nitrogens with two attached hydrogens (primary N) is 1. The minimum absolute atomic E-state index is 0.548. The Morgan fingerprint density at radius 3 is 2.87 bits per heavy atom. The van der Waals surface area contributed by atoms with Crippen molar-refractivity contribution in [1.29, 1.82) is 0 Å². The fraction of sp³-hybridized carbons (Fsp3) is 0.200. The topological polar surface area (TPSA) is 51.8 Å². The average molecular weight is 331 g/mol. The number of halogens is 1. The van der Waals surface area contributed by atoms with E-state index in [-0.39, 0.29) is 0 Å². The number of anilines is 1. The molecule has 2 N–H and O–H groups in total. The average Bonchev–Trinajstić information content (AvgIpc) is 2.70. The third kappa shape index (κ3) is 2.28. The Hall–Kier alpha value is -0.690. The maximum atomic E-state index is 5.74. The molecule has 0 unspecified atom stereocenters. The van der Waals surface area contributed by atoms with Gasteiger partial charge in [-0.1, -0.05) is 6.92 Å². The number of thiophene rings is 1. The second-order valence-electron chi connectivity index (χ2n) is 3.05. The van der Waals surface area contributed by atoms with Crippen molar-refractivity contribution in [3.8, 4) is 10.7 Å². The first kappa shape index (κ1) is 10.8. The number of nitrogens with zero attached hydrogens (tertiary/aromatic N) is 2. The molecule has 2 aromatic rings. The van der Waals surface area contributed by atoms with Gasteiger partial charge in [0.1, 0.15) is 5.82 Å². The van der Waals surface area contributed by atoms with E-state index < -0.39 is 0 Å². The van der Waals surface area contributed by atoms with Crippen LogP contribution in [0.3, 0.4) is 0 Å². The molecule has 0 bridgehead atoms. The van der Waals surface area contributed by atoms with E-state index in [9.17, 15) is 0 Å². The molecule has 15 heavy (non-hydrogen) atoms. The van der Waals surface area contributed by atoms with E-state index in [4.69, 9.17) is 5.73 Å². The van der Waals surface area contributed by atoms with Crippen molar-refractivity contribution in [3.63, 3.8) is 0 Å². The van der Waals surface area contributed by atoms with E-state index in [1.54, 1.807) is 17.5 Å². The third-order valence-corrected chi connectivity index (χ3v) is 4.06. The molecule has 2 heterocycles. The lowest BCUT2D eigenvalue weighted by Crippen LogP contribution is -1.97. The molecule has 3 nitrogen and oxygen atoms in total. The molecule has 0 saturated carbocycles. The molecule has 0 aliphatic heterocycles. The van der Waals surface area contributed by atoms with Crippen LogP contribution >= 0.6 is 33.9 Å². The van der Waals surface area contributed by atoms with Crippen LogP contribution in [0.15, 0.2) is 18.3 Å². The third-order valence-electron chi connectivity index (χ3n) is 2.00. The van der Waals surface area contributed by atoms with E-state index in [0.717, 1.165) is 20.7 Å². The molecule has 78 valence electrons. The smallest absolute Gasteiger partial charge is 0.171 e. The zero-order valence-corrected chi connectivity index (χ0v) is 11.2. The summed E-state index contributed by atoms with van der Waals surface area (Å²) in [5.41, 5.74) is 5.74. The van der Waals surface area contributed by atoms with Crippen LogP contribution in [0.4, 0.5) is 5.82 Å². The van der Waals surface area contributed by atoms with Crippen molar-refractivity contribution in [2.45, 2.75) is 13.3 Å². The molecule has 2 aromatic heterocycles. The first-order valence-corrected chi connectivity index (χ1v) is 6.47. The lowest BCUT2D eigenvalue weighted by atomic mass is 10.3. The van der Waals surface area contributed by atoms with Gasteiger partial charge in [-0.15, -0.1) is 11.3 Å². The largest absolute Gasteiger partial charge is 0.383 e. The molecule has 0 aliphatic carbocycles. The molecule has 0 spiro atoms. The van der Waals surface area contributed by atoms with Crippen molar-refractivity contribution in [1.82, 2.24) is 9.97 Å². The summed E-state index contributed by atoms with van der Waals surface area (Å²) >= 11 is 3.84. The van der Waals surface area contributed by atoms with Gasteiger partial charge in [0.15, 0.2) is 5.82 Å². The first-order valence-electron chi connectivity index (χ1n) is 4.57. The second kappa shape index (κ2) is 4.44. The van der Waals surface area contributed by atoms with Crippen LogP contribution in [0.2, 0.25) is 0 Å². The van der Waals surface area contributed by atoms with Crippen LogP contribution in [0.5, 0.6) is 0 Å². The predicted molar refractivity (Wildman–Crippen MR) is 71.9 cm³/mol. The van der Waals surface area contributed by atoms with Gasteiger partial charge in [-0.2, -0.15) is 0 Å². The number of hydrogen-bond acceptors (Lipinski definition) is 4. The summed E-state index contributed by atoms with van der Waals surface area (Å²) in [6, 6.07) is 4.16. The lowest BCUT2D eigenvalue weighted by molar-refractivity contribution is 1.18. The van der Waals surface area contributed by atoms with Gasteiger partial charge >= 0.3 is 0 Å². The Morgan fingerprint density at radius 2 is 2.27 bits per heavy atom. The van der Waals surface area contributed by atoms with Crippen LogP contribution < -0.4 is 5.73 Å². The van der Waals surface area contributed by atoms with E-state index in [1.807, 2.05) is 6.07 Å². The summed E-state index contributed by atoms with van der Waals surface area (Å²) in [5, 5.41) is 0. The molecule has 0 atom stereocenters. The maximum Gasteiger partial charge on any atom is 0.171 e. The molecule has 0 amide bonds. The molecule has 0 radical (unpaired) electrons. The summed E-state index contributed by atoms with van der Waals surface area (Å²) in [5.74, 6) is 1.27. The van der Waals surface area contributed by atoms with Gasteiger partial charge in [-0.25, -0.2) is 9.97 Å². The van der Waals surface area contributed by atoms with Gasteiger partial charge in [0.05, 0.1) is 8.45 Å². The Balaban J connectivity index is 2.40. The van der Waals surface area contributed by atoms with Gasteiger partial charge in [-0.05, 0) is 41.1 Å². The number of rotatable bonds is 2. The molecule has 0 fully saturated rings. The minimum Gasteiger partial charge on any atom is -0.383 e.